The van der Waals surface area contributed by atoms with E-state index in [9.17, 15) is 31.5 Å². The predicted octanol–water partition coefficient (Wildman–Crippen LogP) is 4.23. The summed E-state index contributed by atoms with van der Waals surface area (Å²) in [5.74, 6) is 0.126. The highest BCUT2D eigenvalue weighted by molar-refractivity contribution is 7.90. The molecule has 2 N–H and O–H groups in total. The van der Waals surface area contributed by atoms with Crippen LogP contribution in [0, 0.1) is 0 Å². The van der Waals surface area contributed by atoms with Gasteiger partial charge in [0, 0.05) is 73.4 Å². The van der Waals surface area contributed by atoms with Gasteiger partial charge in [0.05, 0.1) is 35.3 Å². The lowest BCUT2D eigenvalue weighted by Gasteiger charge is -2.35. The van der Waals surface area contributed by atoms with Gasteiger partial charge in [-0.1, -0.05) is 0 Å². The maximum atomic E-state index is 13.9. The van der Waals surface area contributed by atoms with E-state index in [0.29, 0.717) is 61.8 Å². The molecule has 19 heteroatoms. The summed E-state index contributed by atoms with van der Waals surface area (Å²) in [6, 6.07) is 0.531. The molecule has 1 saturated carbocycles. The number of pyridine rings is 1. The molecule has 0 atom stereocenters. The lowest BCUT2D eigenvalue weighted by Crippen LogP contribution is -2.44. The molecule has 266 valence electrons. The summed E-state index contributed by atoms with van der Waals surface area (Å²) in [5, 5.41) is 13.4. The molecule has 0 spiro atoms. The van der Waals surface area contributed by atoms with Gasteiger partial charge < -0.3 is 20.1 Å². The van der Waals surface area contributed by atoms with Gasteiger partial charge in [0.2, 0.25) is 5.95 Å². The molecule has 0 saturated heterocycles. The van der Waals surface area contributed by atoms with Crippen molar-refractivity contribution >= 4 is 27.7 Å². The zero-order chi connectivity index (χ0) is 36.2. The Morgan fingerprint density at radius 1 is 0.980 bits per heavy atom. The molecule has 0 unspecified atom stereocenters. The number of halogens is 3. The van der Waals surface area contributed by atoms with Crippen molar-refractivity contribution in [1.82, 2.24) is 39.8 Å². The maximum Gasteiger partial charge on any atom is 0.419 e. The van der Waals surface area contributed by atoms with Gasteiger partial charge in [-0.15, -0.1) is 0 Å². The molecular formula is C31H35F3N10O5S. The van der Waals surface area contributed by atoms with E-state index in [4.69, 9.17) is 9.72 Å². The zero-order valence-corrected chi connectivity index (χ0v) is 28.4. The molecule has 0 aliphatic heterocycles. The monoisotopic (exact) mass is 716 g/mol. The molecule has 0 radical (unpaired) electrons. The first-order valence-electron chi connectivity index (χ1n) is 15.4. The number of methoxy groups -OCH3 is 1. The standard InChI is InChI=1S/C31H35F3N10O5S/c1-43(2)10-9-24-27(36-17-25(41-24)19-13-38-29(49-3)39-14-19)44(30(45)46)21-7-5-20(6-8-21)40-28-37-16-23(31(32,33)34)26(42-28)18-11-22(15-35-12-18)50(4,47)48/h11-17,20-21H,5-10H2,1-4H3,(H,45,46)(H,37,40,42). The molecule has 1 fully saturated rings. The van der Waals surface area contributed by atoms with Gasteiger partial charge in [-0.3, -0.25) is 9.88 Å². The average molecular weight is 717 g/mol. The Balaban J connectivity index is 1.36. The van der Waals surface area contributed by atoms with Crippen LogP contribution in [0.5, 0.6) is 6.01 Å². The SMILES string of the molecule is COc1ncc(-c2cnc(N(C(=O)O)C3CCC(Nc4ncc(C(F)(F)F)c(-c5cncc(S(C)(=O)=O)c5)n4)CC3)c(CCN(C)C)n2)cn1. The van der Waals surface area contributed by atoms with Crippen LogP contribution in [0.4, 0.5) is 29.7 Å². The summed E-state index contributed by atoms with van der Waals surface area (Å²) in [7, 11) is 1.49. The van der Waals surface area contributed by atoms with Crippen LogP contribution in [0.15, 0.2) is 48.1 Å². The van der Waals surface area contributed by atoms with E-state index in [-0.39, 0.29) is 34.3 Å². The Morgan fingerprint density at radius 3 is 2.28 bits per heavy atom. The first kappa shape index (κ1) is 36.2. The molecule has 5 rings (SSSR count). The summed E-state index contributed by atoms with van der Waals surface area (Å²) < 4.78 is 70.9. The fourth-order valence-electron chi connectivity index (χ4n) is 5.52. The number of carbonyl (C=O) groups is 1. The third kappa shape index (κ3) is 8.57. The summed E-state index contributed by atoms with van der Waals surface area (Å²) in [5.41, 5.74) is -0.270. The molecule has 15 nitrogen and oxygen atoms in total. The summed E-state index contributed by atoms with van der Waals surface area (Å²) >= 11 is 0. The van der Waals surface area contributed by atoms with Crippen LogP contribution in [0.2, 0.25) is 0 Å². The van der Waals surface area contributed by atoms with E-state index < -0.39 is 39.4 Å². The van der Waals surface area contributed by atoms with Crippen molar-refractivity contribution in [3.05, 3.63) is 54.5 Å². The Bertz CT molecular complexity index is 1940. The van der Waals surface area contributed by atoms with Crippen LogP contribution in [0.1, 0.15) is 36.9 Å². The number of hydrogen-bond acceptors (Lipinski definition) is 13. The van der Waals surface area contributed by atoms with E-state index in [1.54, 1.807) is 12.4 Å². The van der Waals surface area contributed by atoms with Gasteiger partial charge in [-0.25, -0.2) is 43.1 Å². The number of carboxylic acid groups (broad SMARTS) is 1. The van der Waals surface area contributed by atoms with Gasteiger partial charge >= 0.3 is 18.3 Å². The Morgan fingerprint density at radius 2 is 1.68 bits per heavy atom. The summed E-state index contributed by atoms with van der Waals surface area (Å²) in [6.45, 7) is 0.581. The minimum Gasteiger partial charge on any atom is -0.467 e. The molecule has 1 aliphatic rings. The fraction of sp³-hybridized carbons (Fsp3) is 0.419. The molecule has 0 bridgehead atoms. The number of rotatable bonds is 11. The number of nitrogens with zero attached hydrogens (tertiary/aromatic N) is 9. The molecule has 1 aliphatic carbocycles. The Kier molecular flexibility index (Phi) is 10.8. The van der Waals surface area contributed by atoms with Crippen LogP contribution >= 0.6 is 0 Å². The molecule has 50 heavy (non-hydrogen) atoms. The highest BCUT2D eigenvalue weighted by atomic mass is 32.2. The van der Waals surface area contributed by atoms with Crippen molar-refractivity contribution in [2.45, 2.75) is 55.3 Å². The van der Waals surface area contributed by atoms with Crippen molar-refractivity contribution in [1.29, 1.82) is 0 Å². The third-order valence-corrected chi connectivity index (χ3v) is 9.14. The second-order valence-electron chi connectivity index (χ2n) is 12.0. The average Bonchev–Trinajstić information content (AvgIpc) is 3.07. The van der Waals surface area contributed by atoms with Crippen molar-refractivity contribution < 1.29 is 36.2 Å². The van der Waals surface area contributed by atoms with Crippen LogP contribution < -0.4 is 15.0 Å². The van der Waals surface area contributed by atoms with E-state index in [1.165, 1.54) is 18.2 Å². The number of aromatic nitrogens is 7. The molecule has 0 aromatic carbocycles. The van der Waals surface area contributed by atoms with E-state index in [1.807, 2.05) is 19.0 Å². The van der Waals surface area contributed by atoms with Crippen LogP contribution in [0.25, 0.3) is 22.5 Å². The van der Waals surface area contributed by atoms with Crippen molar-refractivity contribution in [2.75, 3.05) is 44.2 Å². The summed E-state index contributed by atoms with van der Waals surface area (Å²) in [6.07, 6.45) is 4.39. The third-order valence-electron chi connectivity index (χ3n) is 8.06. The van der Waals surface area contributed by atoms with Crippen LogP contribution in [-0.2, 0) is 22.4 Å². The highest BCUT2D eigenvalue weighted by Crippen LogP contribution is 2.37. The second kappa shape index (κ2) is 14.8. The lowest BCUT2D eigenvalue weighted by atomic mass is 9.90. The molecule has 1 amide bonds. The topological polar surface area (TPSA) is 189 Å². The number of alkyl halides is 3. The first-order valence-corrected chi connectivity index (χ1v) is 17.3. The second-order valence-corrected chi connectivity index (χ2v) is 14.0. The Hall–Kier alpha value is -5.04. The number of amides is 1. The molecule has 4 heterocycles. The van der Waals surface area contributed by atoms with Gasteiger partial charge in [-0.2, -0.15) is 13.2 Å². The van der Waals surface area contributed by atoms with Gasteiger partial charge in [0.1, 0.15) is 5.56 Å². The molecule has 4 aromatic heterocycles. The van der Waals surface area contributed by atoms with Crippen molar-refractivity contribution in [2.24, 2.45) is 0 Å². The van der Waals surface area contributed by atoms with Crippen LogP contribution in [0.3, 0.4) is 0 Å². The predicted molar refractivity (Wildman–Crippen MR) is 175 cm³/mol. The minimum absolute atomic E-state index is 0.0914. The van der Waals surface area contributed by atoms with E-state index >= 15 is 0 Å². The normalized spacial score (nSPS) is 16.6. The number of nitrogens with one attached hydrogen (secondary N) is 1. The zero-order valence-electron chi connectivity index (χ0n) is 27.6. The molecular weight excluding hydrogens is 681 g/mol. The number of sulfone groups is 1. The van der Waals surface area contributed by atoms with Gasteiger partial charge in [0.25, 0.3) is 0 Å². The van der Waals surface area contributed by atoms with Crippen LogP contribution in [-0.4, -0.2) is 105 Å². The number of anilines is 2. The summed E-state index contributed by atoms with van der Waals surface area (Å²) in [4.78, 5) is 45.0. The van der Waals surface area contributed by atoms with E-state index in [0.717, 1.165) is 24.7 Å². The molecule has 4 aromatic rings. The van der Waals surface area contributed by atoms with Crippen molar-refractivity contribution in [3.63, 3.8) is 0 Å². The number of ether oxygens (including phenoxy) is 1. The lowest BCUT2D eigenvalue weighted by molar-refractivity contribution is -0.137. The smallest absolute Gasteiger partial charge is 0.419 e. The number of hydrogen-bond donors (Lipinski definition) is 2. The first-order chi connectivity index (χ1) is 23.6. The quantitative estimate of drug-likeness (QED) is 0.224. The van der Waals surface area contributed by atoms with Gasteiger partial charge in [0.15, 0.2) is 15.7 Å². The fourth-order valence-corrected chi connectivity index (χ4v) is 6.12. The van der Waals surface area contributed by atoms with E-state index in [2.05, 4.69) is 35.2 Å². The van der Waals surface area contributed by atoms with Crippen molar-refractivity contribution in [3.8, 4) is 28.5 Å². The maximum absolute atomic E-state index is 13.9. The largest absolute Gasteiger partial charge is 0.467 e. The minimum atomic E-state index is -4.82. The number of likely N-dealkylation sites (N-methyl/N-ethyl adjacent to an activating group) is 1. The Labute approximate surface area is 286 Å². The van der Waals surface area contributed by atoms with Gasteiger partial charge in [-0.05, 0) is 45.8 Å². The highest BCUT2D eigenvalue weighted by Gasteiger charge is 2.37.